The molecule has 0 aromatic heterocycles. The average molecular weight is 407 g/mol. The third kappa shape index (κ3) is 4.04. The summed E-state index contributed by atoms with van der Waals surface area (Å²) < 4.78 is 18.6. The SMILES string of the molecule is CCOC(=O)c1ccc(N(c2ccc(F)c(Cl)c2)[C@@H]2CCCN2C(=O)O)cc1. The Balaban J connectivity index is 2.02. The summed E-state index contributed by atoms with van der Waals surface area (Å²) in [7, 11) is 0. The van der Waals surface area contributed by atoms with E-state index in [1.807, 2.05) is 0 Å². The minimum absolute atomic E-state index is 0.0504. The van der Waals surface area contributed by atoms with Crippen molar-refractivity contribution < 1.29 is 23.8 Å². The number of ether oxygens (including phenoxy) is 1. The zero-order valence-corrected chi connectivity index (χ0v) is 16.0. The fraction of sp³-hybridized carbons (Fsp3) is 0.300. The van der Waals surface area contributed by atoms with Crippen molar-refractivity contribution in [3.05, 3.63) is 58.9 Å². The number of carbonyl (C=O) groups excluding carboxylic acids is 1. The summed E-state index contributed by atoms with van der Waals surface area (Å²) in [5.41, 5.74) is 1.62. The minimum Gasteiger partial charge on any atom is -0.465 e. The summed E-state index contributed by atoms with van der Waals surface area (Å²) in [5, 5.41) is 9.50. The van der Waals surface area contributed by atoms with Crippen molar-refractivity contribution in [1.29, 1.82) is 0 Å². The van der Waals surface area contributed by atoms with Crippen LogP contribution in [0.25, 0.3) is 0 Å². The van der Waals surface area contributed by atoms with Crippen molar-refractivity contribution >= 4 is 35.0 Å². The molecule has 6 nitrogen and oxygen atoms in total. The maximum atomic E-state index is 13.7. The van der Waals surface area contributed by atoms with Crippen LogP contribution < -0.4 is 4.90 Å². The summed E-state index contributed by atoms with van der Waals surface area (Å²) in [6, 6.07) is 10.9. The fourth-order valence-corrected chi connectivity index (χ4v) is 3.52. The van der Waals surface area contributed by atoms with Gasteiger partial charge in [-0.05, 0) is 62.2 Å². The van der Waals surface area contributed by atoms with Gasteiger partial charge in [-0.25, -0.2) is 14.0 Å². The summed E-state index contributed by atoms with van der Waals surface area (Å²) in [6.45, 7) is 2.41. The quantitative estimate of drug-likeness (QED) is 0.715. The van der Waals surface area contributed by atoms with Crippen molar-refractivity contribution in [2.75, 3.05) is 18.1 Å². The van der Waals surface area contributed by atoms with Gasteiger partial charge in [-0.3, -0.25) is 4.90 Å². The molecule has 1 fully saturated rings. The van der Waals surface area contributed by atoms with Crippen LogP contribution in [0.1, 0.15) is 30.1 Å². The van der Waals surface area contributed by atoms with Crippen molar-refractivity contribution in [2.24, 2.45) is 0 Å². The molecular weight excluding hydrogens is 387 g/mol. The van der Waals surface area contributed by atoms with Crippen molar-refractivity contribution in [3.8, 4) is 0 Å². The number of hydrogen-bond acceptors (Lipinski definition) is 4. The van der Waals surface area contributed by atoms with Crippen LogP contribution in [0.15, 0.2) is 42.5 Å². The predicted molar refractivity (Wildman–Crippen MR) is 104 cm³/mol. The molecule has 0 unspecified atom stereocenters. The maximum absolute atomic E-state index is 13.7. The van der Waals surface area contributed by atoms with Gasteiger partial charge in [0.15, 0.2) is 0 Å². The van der Waals surface area contributed by atoms with Gasteiger partial charge in [0.25, 0.3) is 0 Å². The molecule has 8 heteroatoms. The molecule has 1 aliphatic rings. The molecule has 2 aromatic rings. The van der Waals surface area contributed by atoms with Gasteiger partial charge < -0.3 is 14.7 Å². The highest BCUT2D eigenvalue weighted by molar-refractivity contribution is 6.31. The van der Waals surface area contributed by atoms with Crippen LogP contribution in [0.3, 0.4) is 0 Å². The Morgan fingerprint density at radius 2 is 1.93 bits per heavy atom. The van der Waals surface area contributed by atoms with Gasteiger partial charge in [0.1, 0.15) is 12.0 Å². The molecule has 148 valence electrons. The van der Waals surface area contributed by atoms with Gasteiger partial charge in [-0.2, -0.15) is 0 Å². The Morgan fingerprint density at radius 1 is 1.25 bits per heavy atom. The second kappa shape index (κ2) is 8.48. The molecule has 1 aliphatic heterocycles. The van der Waals surface area contributed by atoms with E-state index in [0.29, 0.717) is 36.3 Å². The number of anilines is 2. The number of benzene rings is 2. The van der Waals surface area contributed by atoms with Crippen LogP contribution in [-0.2, 0) is 4.74 Å². The number of nitrogens with zero attached hydrogens (tertiary/aromatic N) is 2. The average Bonchev–Trinajstić information content (AvgIpc) is 3.15. The van der Waals surface area contributed by atoms with Crippen LogP contribution in [0.5, 0.6) is 0 Å². The zero-order valence-electron chi connectivity index (χ0n) is 15.3. The molecule has 28 heavy (non-hydrogen) atoms. The smallest absolute Gasteiger partial charge is 0.408 e. The molecule has 1 saturated heterocycles. The summed E-state index contributed by atoms with van der Waals surface area (Å²) in [4.78, 5) is 26.7. The van der Waals surface area contributed by atoms with E-state index in [2.05, 4.69) is 0 Å². The van der Waals surface area contributed by atoms with Crippen LogP contribution in [0.2, 0.25) is 5.02 Å². The minimum atomic E-state index is -1.02. The van der Waals surface area contributed by atoms with Crippen molar-refractivity contribution in [3.63, 3.8) is 0 Å². The van der Waals surface area contributed by atoms with E-state index in [1.54, 1.807) is 42.2 Å². The van der Waals surface area contributed by atoms with Crippen LogP contribution in [-0.4, -0.2) is 41.4 Å². The molecular formula is C20H20ClFN2O4. The molecule has 0 radical (unpaired) electrons. The first-order chi connectivity index (χ1) is 13.4. The number of amides is 1. The van der Waals surface area contributed by atoms with Gasteiger partial charge in [-0.15, -0.1) is 0 Å². The first-order valence-electron chi connectivity index (χ1n) is 8.93. The van der Waals surface area contributed by atoms with Gasteiger partial charge in [0, 0.05) is 17.9 Å². The second-order valence-electron chi connectivity index (χ2n) is 6.33. The highest BCUT2D eigenvalue weighted by Crippen LogP contribution is 2.35. The first-order valence-corrected chi connectivity index (χ1v) is 9.31. The van der Waals surface area contributed by atoms with Crippen molar-refractivity contribution in [1.82, 2.24) is 4.90 Å². The molecule has 1 heterocycles. The molecule has 3 rings (SSSR count). The van der Waals surface area contributed by atoms with Crippen molar-refractivity contribution in [2.45, 2.75) is 25.9 Å². The summed E-state index contributed by atoms with van der Waals surface area (Å²) >= 11 is 5.96. The lowest BCUT2D eigenvalue weighted by atomic mass is 10.1. The van der Waals surface area contributed by atoms with Gasteiger partial charge in [-0.1, -0.05) is 11.6 Å². The van der Waals surface area contributed by atoms with E-state index < -0.39 is 24.0 Å². The van der Waals surface area contributed by atoms with Gasteiger partial charge in [0.2, 0.25) is 0 Å². The maximum Gasteiger partial charge on any atom is 0.408 e. The number of rotatable bonds is 5. The molecule has 0 spiro atoms. The second-order valence-corrected chi connectivity index (χ2v) is 6.74. The standard InChI is InChI=1S/C20H20ClFN2O4/c1-2-28-19(25)13-5-7-14(8-6-13)24(15-9-10-17(22)16(21)12-15)18-4-3-11-23(18)20(26)27/h5-10,12,18H,2-4,11H2,1H3,(H,26,27)/t18-/m1/s1. The Morgan fingerprint density at radius 3 is 2.54 bits per heavy atom. The highest BCUT2D eigenvalue weighted by Gasteiger charge is 2.34. The van der Waals surface area contributed by atoms with E-state index in [9.17, 15) is 19.1 Å². The highest BCUT2D eigenvalue weighted by atomic mass is 35.5. The fourth-order valence-electron chi connectivity index (χ4n) is 3.34. The lowest BCUT2D eigenvalue weighted by Gasteiger charge is -2.35. The lowest BCUT2D eigenvalue weighted by molar-refractivity contribution is 0.0526. The Bertz CT molecular complexity index is 875. The Hall–Kier alpha value is -2.80. The monoisotopic (exact) mass is 406 g/mol. The normalized spacial score (nSPS) is 16.1. The van der Waals surface area contributed by atoms with Gasteiger partial charge >= 0.3 is 12.1 Å². The van der Waals surface area contributed by atoms with Crippen LogP contribution in [0.4, 0.5) is 20.6 Å². The Labute approximate surface area is 167 Å². The molecule has 0 saturated carbocycles. The third-order valence-electron chi connectivity index (χ3n) is 4.60. The topological polar surface area (TPSA) is 70.1 Å². The van der Waals surface area contributed by atoms with Gasteiger partial charge in [0.05, 0.1) is 17.2 Å². The number of carboxylic acid groups (broad SMARTS) is 1. The van der Waals surface area contributed by atoms with E-state index in [1.165, 1.54) is 17.0 Å². The lowest BCUT2D eigenvalue weighted by Crippen LogP contribution is -2.44. The van der Waals surface area contributed by atoms with E-state index in [0.717, 1.165) is 0 Å². The first kappa shape index (κ1) is 19.9. The zero-order chi connectivity index (χ0) is 20.3. The molecule has 0 bridgehead atoms. The number of carbonyl (C=O) groups is 2. The van der Waals surface area contributed by atoms with Crippen LogP contribution in [0, 0.1) is 5.82 Å². The number of esters is 1. The summed E-state index contributed by atoms with van der Waals surface area (Å²) in [6.07, 6.45) is -0.166. The van der Waals surface area contributed by atoms with E-state index in [4.69, 9.17) is 16.3 Å². The molecule has 0 aliphatic carbocycles. The predicted octanol–water partition coefficient (Wildman–Crippen LogP) is 4.89. The van der Waals surface area contributed by atoms with E-state index >= 15 is 0 Å². The van der Waals surface area contributed by atoms with E-state index in [-0.39, 0.29) is 11.6 Å². The number of hydrogen-bond donors (Lipinski definition) is 1. The molecule has 1 amide bonds. The molecule has 2 aromatic carbocycles. The molecule has 1 atom stereocenters. The molecule has 1 N–H and O–H groups in total. The number of halogens is 2. The van der Waals surface area contributed by atoms with Crippen LogP contribution >= 0.6 is 11.6 Å². The largest absolute Gasteiger partial charge is 0.465 e. The third-order valence-corrected chi connectivity index (χ3v) is 4.89. The number of likely N-dealkylation sites (tertiary alicyclic amines) is 1. The Kier molecular flexibility index (Phi) is 6.04. The summed E-state index contributed by atoms with van der Waals surface area (Å²) in [5.74, 6) is -0.983.